The van der Waals surface area contributed by atoms with Gasteiger partial charge in [0, 0.05) is 18.0 Å². The highest BCUT2D eigenvalue weighted by Crippen LogP contribution is 2.43. The van der Waals surface area contributed by atoms with E-state index in [0.717, 1.165) is 12.8 Å². The molecule has 0 spiro atoms. The Labute approximate surface area is 173 Å². The van der Waals surface area contributed by atoms with Crippen LogP contribution in [0, 0.1) is 18.3 Å². The van der Waals surface area contributed by atoms with E-state index >= 15 is 0 Å². The van der Waals surface area contributed by atoms with Crippen molar-refractivity contribution < 1.29 is 0 Å². The fraction of sp³-hybridized carbons (Fsp3) is 0.630. The summed E-state index contributed by atoms with van der Waals surface area (Å²) in [5, 5.41) is 4.07. The minimum absolute atomic E-state index is 0.312. The number of allylic oxidation sites excluding steroid dienone is 2. The summed E-state index contributed by atoms with van der Waals surface area (Å²) in [6, 6.07) is 5.94. The summed E-state index contributed by atoms with van der Waals surface area (Å²) in [5.74, 6) is 0.691. The number of fused-ring (bicyclic) bond motifs is 1. The van der Waals surface area contributed by atoms with Crippen LogP contribution in [0.4, 0.5) is 0 Å². The van der Waals surface area contributed by atoms with Gasteiger partial charge in [-0.2, -0.15) is 0 Å². The van der Waals surface area contributed by atoms with Gasteiger partial charge in [0.1, 0.15) is 0 Å². The van der Waals surface area contributed by atoms with E-state index in [9.17, 15) is 0 Å². The van der Waals surface area contributed by atoms with Crippen molar-refractivity contribution in [3.05, 3.63) is 58.2 Å². The molecule has 3 unspecified atom stereocenters. The summed E-state index contributed by atoms with van der Waals surface area (Å²) in [6.45, 7) is 18.5. The third-order valence-corrected chi connectivity index (χ3v) is 7.13. The third kappa shape index (κ3) is 4.46. The van der Waals surface area contributed by atoms with Gasteiger partial charge in [-0.3, -0.25) is 0 Å². The predicted octanol–water partition coefficient (Wildman–Crippen LogP) is 7.24. The zero-order valence-corrected chi connectivity index (χ0v) is 19.1. The third-order valence-electron chi connectivity index (χ3n) is 7.13. The molecule has 0 saturated carbocycles. The minimum Gasteiger partial charge on any atom is -0.306 e. The van der Waals surface area contributed by atoms with Gasteiger partial charge < -0.3 is 5.32 Å². The Morgan fingerprint density at radius 3 is 2.54 bits per heavy atom. The molecule has 0 amide bonds. The van der Waals surface area contributed by atoms with E-state index < -0.39 is 0 Å². The second kappa shape index (κ2) is 8.57. The van der Waals surface area contributed by atoms with Gasteiger partial charge in [0.2, 0.25) is 0 Å². The highest BCUT2D eigenvalue weighted by atomic mass is 15.0. The van der Waals surface area contributed by atoms with Gasteiger partial charge in [0.05, 0.1) is 0 Å². The fourth-order valence-electron chi connectivity index (χ4n) is 5.22. The summed E-state index contributed by atoms with van der Waals surface area (Å²) in [7, 11) is 0. The van der Waals surface area contributed by atoms with Crippen molar-refractivity contribution in [2.75, 3.05) is 0 Å². The van der Waals surface area contributed by atoms with E-state index in [0.29, 0.717) is 23.4 Å². The van der Waals surface area contributed by atoms with E-state index in [2.05, 4.69) is 71.6 Å². The maximum atomic E-state index is 4.47. The standard InChI is InChI=1S/C27H41N/c1-8-11-21-15-22-17-26(27(6,7)12-9-2)28-25(24(22)13-18(21)4)14-19(5)23-16-20(23)10-3/h13,15-16,20,25-26,28H,5,8-12,14,17H2,1-4,6-7H3. The molecule has 1 aliphatic heterocycles. The zero-order valence-electron chi connectivity index (χ0n) is 19.1. The van der Waals surface area contributed by atoms with E-state index in [-0.39, 0.29) is 0 Å². The molecular formula is C27H41N. The Hall–Kier alpha value is -1.34. The number of nitrogens with one attached hydrogen (secondary N) is 1. The maximum Gasteiger partial charge on any atom is 0.0366 e. The van der Waals surface area contributed by atoms with Crippen LogP contribution in [0.15, 0.2) is 35.9 Å². The molecule has 1 aliphatic carbocycles. The smallest absolute Gasteiger partial charge is 0.0366 e. The molecule has 1 aromatic carbocycles. The van der Waals surface area contributed by atoms with Gasteiger partial charge in [-0.15, -0.1) is 0 Å². The van der Waals surface area contributed by atoms with Crippen molar-refractivity contribution in [3.8, 4) is 0 Å². The summed E-state index contributed by atoms with van der Waals surface area (Å²) < 4.78 is 0. The SMILES string of the molecule is C=C(CC1NC(C(C)(C)CCC)Cc2cc(CCC)c(C)cc21)C1=CC1CC. The number of hydrogen-bond acceptors (Lipinski definition) is 1. The lowest BCUT2D eigenvalue weighted by atomic mass is 9.73. The quantitative estimate of drug-likeness (QED) is 0.477. The Morgan fingerprint density at radius 1 is 1.18 bits per heavy atom. The van der Waals surface area contributed by atoms with Gasteiger partial charge in [0.25, 0.3) is 0 Å². The first kappa shape index (κ1) is 21.4. The Morgan fingerprint density at radius 2 is 1.93 bits per heavy atom. The number of aryl methyl sites for hydroxylation is 2. The number of benzene rings is 1. The Bertz CT molecular complexity index is 752. The van der Waals surface area contributed by atoms with Crippen molar-refractivity contribution >= 4 is 0 Å². The molecule has 0 radical (unpaired) electrons. The first-order chi connectivity index (χ1) is 13.3. The van der Waals surface area contributed by atoms with Crippen molar-refractivity contribution in [1.82, 2.24) is 5.32 Å². The van der Waals surface area contributed by atoms with Crippen molar-refractivity contribution in [2.24, 2.45) is 11.3 Å². The molecule has 1 nitrogen and oxygen atoms in total. The van der Waals surface area contributed by atoms with Crippen LogP contribution in [0.5, 0.6) is 0 Å². The average molecular weight is 380 g/mol. The average Bonchev–Trinajstić information content (AvgIpc) is 3.43. The van der Waals surface area contributed by atoms with Crippen LogP contribution in [-0.2, 0) is 12.8 Å². The molecule has 1 N–H and O–H groups in total. The largest absolute Gasteiger partial charge is 0.306 e. The zero-order chi connectivity index (χ0) is 20.5. The fourth-order valence-corrected chi connectivity index (χ4v) is 5.22. The molecule has 1 heteroatoms. The van der Waals surface area contributed by atoms with Crippen LogP contribution in [0.25, 0.3) is 0 Å². The molecule has 0 saturated heterocycles. The lowest BCUT2D eigenvalue weighted by Gasteiger charge is -2.43. The van der Waals surface area contributed by atoms with Crippen LogP contribution in [0.1, 0.15) is 95.0 Å². The Balaban J connectivity index is 1.90. The highest BCUT2D eigenvalue weighted by Gasteiger charge is 2.37. The Kier molecular flexibility index (Phi) is 6.54. The molecule has 0 bridgehead atoms. The monoisotopic (exact) mass is 379 g/mol. The molecule has 0 fully saturated rings. The summed E-state index contributed by atoms with van der Waals surface area (Å²) in [5.41, 5.74) is 9.28. The molecule has 2 aliphatic rings. The van der Waals surface area contributed by atoms with Crippen LogP contribution in [-0.4, -0.2) is 6.04 Å². The van der Waals surface area contributed by atoms with Crippen LogP contribution in [0.2, 0.25) is 0 Å². The first-order valence-electron chi connectivity index (χ1n) is 11.6. The van der Waals surface area contributed by atoms with Gasteiger partial charge in [-0.1, -0.05) is 72.2 Å². The molecule has 0 aromatic heterocycles. The lowest BCUT2D eigenvalue weighted by Crippen LogP contribution is -2.48. The van der Waals surface area contributed by atoms with Crippen molar-refractivity contribution in [3.63, 3.8) is 0 Å². The molecule has 3 atom stereocenters. The number of rotatable bonds is 9. The normalized spacial score (nSPS) is 23.9. The van der Waals surface area contributed by atoms with Gasteiger partial charge >= 0.3 is 0 Å². The van der Waals surface area contributed by atoms with Crippen LogP contribution >= 0.6 is 0 Å². The van der Waals surface area contributed by atoms with Crippen molar-refractivity contribution in [2.45, 2.75) is 98.6 Å². The van der Waals surface area contributed by atoms with Gasteiger partial charge in [0.15, 0.2) is 0 Å². The minimum atomic E-state index is 0.312. The lowest BCUT2D eigenvalue weighted by molar-refractivity contribution is 0.192. The summed E-state index contributed by atoms with van der Waals surface area (Å²) in [4.78, 5) is 0. The van der Waals surface area contributed by atoms with Crippen molar-refractivity contribution in [1.29, 1.82) is 0 Å². The van der Waals surface area contributed by atoms with Crippen LogP contribution < -0.4 is 5.32 Å². The van der Waals surface area contributed by atoms with Crippen LogP contribution in [0.3, 0.4) is 0 Å². The predicted molar refractivity (Wildman–Crippen MR) is 123 cm³/mol. The summed E-state index contributed by atoms with van der Waals surface area (Å²) >= 11 is 0. The number of hydrogen-bond donors (Lipinski definition) is 1. The van der Waals surface area contributed by atoms with E-state index in [1.807, 2.05) is 0 Å². The first-order valence-corrected chi connectivity index (χ1v) is 11.6. The van der Waals surface area contributed by atoms with Gasteiger partial charge in [-0.05, 0) is 77.8 Å². The summed E-state index contributed by atoms with van der Waals surface area (Å²) in [6.07, 6.45) is 10.7. The maximum absolute atomic E-state index is 4.47. The second-order valence-electron chi connectivity index (χ2n) is 9.89. The topological polar surface area (TPSA) is 12.0 Å². The highest BCUT2D eigenvalue weighted by molar-refractivity contribution is 5.48. The molecular weight excluding hydrogens is 338 g/mol. The molecule has 3 rings (SSSR count). The molecule has 154 valence electrons. The molecule has 1 aromatic rings. The van der Waals surface area contributed by atoms with Gasteiger partial charge in [-0.25, -0.2) is 0 Å². The van der Waals surface area contributed by atoms with E-state index in [1.54, 1.807) is 11.1 Å². The van der Waals surface area contributed by atoms with E-state index in [1.165, 1.54) is 54.4 Å². The molecule has 1 heterocycles. The molecule has 28 heavy (non-hydrogen) atoms. The van der Waals surface area contributed by atoms with E-state index in [4.69, 9.17) is 0 Å². The second-order valence-corrected chi connectivity index (χ2v) is 9.89.